The number of carbonyl (C=O) groups is 2. The maximum atomic E-state index is 12.1. The lowest BCUT2D eigenvalue weighted by Crippen LogP contribution is -2.55. The normalized spacial score (nSPS) is 13.6. The molecule has 1 atom stereocenters. The summed E-state index contributed by atoms with van der Waals surface area (Å²) in [5.41, 5.74) is -0.254. The second-order valence-corrected chi connectivity index (χ2v) is 4.66. The van der Waals surface area contributed by atoms with E-state index in [2.05, 4.69) is 5.32 Å². The highest BCUT2D eigenvalue weighted by atomic mass is 16.5. The molecule has 0 saturated carbocycles. The van der Waals surface area contributed by atoms with E-state index in [-0.39, 0.29) is 6.61 Å². The first-order valence-electron chi connectivity index (χ1n) is 6.05. The molecule has 0 fully saturated rings. The molecule has 2 N–H and O–H groups in total. The van der Waals surface area contributed by atoms with Gasteiger partial charge in [-0.1, -0.05) is 12.1 Å². The van der Waals surface area contributed by atoms with E-state index in [0.29, 0.717) is 12.2 Å². The van der Waals surface area contributed by atoms with E-state index in [0.717, 1.165) is 5.56 Å². The van der Waals surface area contributed by atoms with Crippen LogP contribution in [0.2, 0.25) is 0 Å². The zero-order valence-electron chi connectivity index (χ0n) is 11.8. The van der Waals surface area contributed by atoms with Crippen molar-refractivity contribution in [2.75, 3.05) is 20.8 Å². The fourth-order valence-electron chi connectivity index (χ4n) is 1.73. The van der Waals surface area contributed by atoms with Crippen LogP contribution in [0.1, 0.15) is 22.8 Å². The third kappa shape index (κ3) is 4.04. The third-order valence-corrected chi connectivity index (χ3v) is 2.79. The van der Waals surface area contributed by atoms with Gasteiger partial charge in [-0.2, -0.15) is 0 Å². The lowest BCUT2D eigenvalue weighted by Gasteiger charge is -2.25. The van der Waals surface area contributed by atoms with Crippen LogP contribution in [0.25, 0.3) is 0 Å². The molecule has 1 unspecified atom stereocenters. The number of hydrogen-bond acceptors (Lipinski definition) is 4. The number of carbonyl (C=O) groups excluding carboxylic acids is 1. The van der Waals surface area contributed by atoms with Gasteiger partial charge in [-0.15, -0.1) is 0 Å². The van der Waals surface area contributed by atoms with Crippen LogP contribution in [0, 0.1) is 0 Å². The number of benzene rings is 1. The van der Waals surface area contributed by atoms with Crippen molar-refractivity contribution >= 4 is 11.9 Å². The van der Waals surface area contributed by atoms with Crippen LogP contribution < -0.4 is 5.32 Å². The predicted molar refractivity (Wildman–Crippen MR) is 72.5 cm³/mol. The SMILES string of the molecule is COCc1cccc(C(=O)NC(C)(COC)C(=O)O)c1. The highest BCUT2D eigenvalue weighted by molar-refractivity contribution is 5.97. The average Bonchev–Trinajstić information content (AvgIpc) is 2.39. The smallest absolute Gasteiger partial charge is 0.331 e. The number of carboxylic acid groups (broad SMARTS) is 1. The Morgan fingerprint density at radius 3 is 2.55 bits per heavy atom. The molecule has 1 aromatic carbocycles. The van der Waals surface area contributed by atoms with Crippen molar-refractivity contribution in [1.29, 1.82) is 0 Å². The van der Waals surface area contributed by atoms with Crippen LogP contribution in [0.15, 0.2) is 24.3 Å². The van der Waals surface area contributed by atoms with E-state index >= 15 is 0 Å². The van der Waals surface area contributed by atoms with Gasteiger partial charge in [0.05, 0.1) is 13.2 Å². The molecule has 0 bridgehead atoms. The minimum absolute atomic E-state index is 0.119. The van der Waals surface area contributed by atoms with Crippen molar-refractivity contribution in [2.45, 2.75) is 19.1 Å². The van der Waals surface area contributed by atoms with Gasteiger partial charge in [0.15, 0.2) is 5.54 Å². The van der Waals surface area contributed by atoms with E-state index in [1.54, 1.807) is 25.3 Å². The van der Waals surface area contributed by atoms with E-state index in [1.165, 1.54) is 14.0 Å². The number of ether oxygens (including phenoxy) is 2. The van der Waals surface area contributed by atoms with Gasteiger partial charge in [0, 0.05) is 19.8 Å². The van der Waals surface area contributed by atoms with Gasteiger partial charge < -0.3 is 19.9 Å². The number of amides is 1. The monoisotopic (exact) mass is 281 g/mol. The minimum atomic E-state index is -1.47. The Balaban J connectivity index is 2.89. The van der Waals surface area contributed by atoms with Crippen LogP contribution in [-0.4, -0.2) is 43.3 Å². The van der Waals surface area contributed by atoms with Gasteiger partial charge in [0.2, 0.25) is 0 Å². The summed E-state index contributed by atoms with van der Waals surface area (Å²) in [5.74, 6) is -1.62. The Morgan fingerprint density at radius 2 is 2.00 bits per heavy atom. The molecule has 6 nitrogen and oxygen atoms in total. The van der Waals surface area contributed by atoms with Crippen LogP contribution in [0.5, 0.6) is 0 Å². The molecule has 20 heavy (non-hydrogen) atoms. The van der Waals surface area contributed by atoms with Crippen molar-refractivity contribution in [3.05, 3.63) is 35.4 Å². The number of carboxylic acids is 1. The summed E-state index contributed by atoms with van der Waals surface area (Å²) in [6.07, 6.45) is 0. The molecule has 0 aliphatic heterocycles. The first kappa shape index (κ1) is 16.1. The highest BCUT2D eigenvalue weighted by Crippen LogP contribution is 2.10. The van der Waals surface area contributed by atoms with E-state index in [9.17, 15) is 14.7 Å². The number of methoxy groups -OCH3 is 2. The van der Waals surface area contributed by atoms with Crippen LogP contribution in [0.3, 0.4) is 0 Å². The first-order chi connectivity index (χ1) is 9.42. The van der Waals surface area contributed by atoms with Gasteiger partial charge in [0.25, 0.3) is 5.91 Å². The summed E-state index contributed by atoms with van der Waals surface area (Å²) in [5, 5.41) is 11.7. The van der Waals surface area contributed by atoms with Crippen molar-refractivity contribution in [3.63, 3.8) is 0 Å². The van der Waals surface area contributed by atoms with Crippen LogP contribution in [0.4, 0.5) is 0 Å². The van der Waals surface area contributed by atoms with Gasteiger partial charge in [-0.3, -0.25) is 4.79 Å². The standard InChI is InChI=1S/C14H19NO5/c1-14(9-20-3,13(17)18)15-12(16)11-6-4-5-10(7-11)8-19-2/h4-7H,8-9H2,1-3H3,(H,15,16)(H,17,18). The summed E-state index contributed by atoms with van der Waals surface area (Å²) >= 11 is 0. The fourth-order valence-corrected chi connectivity index (χ4v) is 1.73. The van der Waals surface area contributed by atoms with E-state index in [4.69, 9.17) is 9.47 Å². The van der Waals surface area contributed by atoms with Gasteiger partial charge in [-0.05, 0) is 24.6 Å². The summed E-state index contributed by atoms with van der Waals surface area (Å²) in [7, 11) is 2.94. The largest absolute Gasteiger partial charge is 0.479 e. The molecule has 6 heteroatoms. The van der Waals surface area contributed by atoms with Crippen LogP contribution in [-0.2, 0) is 20.9 Å². The molecular weight excluding hydrogens is 262 g/mol. The second kappa shape index (κ2) is 7.02. The molecule has 0 heterocycles. The molecule has 1 rings (SSSR count). The van der Waals surface area contributed by atoms with Crippen LogP contribution >= 0.6 is 0 Å². The maximum Gasteiger partial charge on any atom is 0.331 e. The van der Waals surface area contributed by atoms with Crippen molar-refractivity contribution < 1.29 is 24.2 Å². The number of hydrogen-bond donors (Lipinski definition) is 2. The van der Waals surface area contributed by atoms with Crippen molar-refractivity contribution in [1.82, 2.24) is 5.32 Å². The zero-order valence-corrected chi connectivity index (χ0v) is 11.8. The predicted octanol–water partition coefficient (Wildman–Crippen LogP) is 1.05. The van der Waals surface area contributed by atoms with Crippen molar-refractivity contribution in [3.8, 4) is 0 Å². The van der Waals surface area contributed by atoms with E-state index in [1.807, 2.05) is 6.07 Å². The zero-order chi connectivity index (χ0) is 15.2. The van der Waals surface area contributed by atoms with Gasteiger partial charge in [0.1, 0.15) is 0 Å². The fraction of sp³-hybridized carbons (Fsp3) is 0.429. The Bertz CT molecular complexity index is 488. The lowest BCUT2D eigenvalue weighted by atomic mass is 10.0. The lowest BCUT2D eigenvalue weighted by molar-refractivity contribution is -0.145. The highest BCUT2D eigenvalue weighted by Gasteiger charge is 2.35. The summed E-state index contributed by atoms with van der Waals surface area (Å²) in [6, 6.07) is 6.82. The molecule has 0 aliphatic rings. The molecule has 0 radical (unpaired) electrons. The molecule has 0 aliphatic carbocycles. The molecule has 0 saturated heterocycles. The molecule has 110 valence electrons. The Hall–Kier alpha value is -1.92. The minimum Gasteiger partial charge on any atom is -0.479 e. The Morgan fingerprint density at radius 1 is 1.30 bits per heavy atom. The number of nitrogens with one attached hydrogen (secondary N) is 1. The third-order valence-electron chi connectivity index (χ3n) is 2.79. The Labute approximate surface area is 117 Å². The topological polar surface area (TPSA) is 84.9 Å². The summed E-state index contributed by atoms with van der Waals surface area (Å²) < 4.78 is 9.85. The molecule has 0 spiro atoms. The quantitative estimate of drug-likeness (QED) is 0.780. The summed E-state index contributed by atoms with van der Waals surface area (Å²) in [6.45, 7) is 1.66. The molecule has 0 aromatic heterocycles. The Kier molecular flexibility index (Phi) is 5.66. The van der Waals surface area contributed by atoms with Gasteiger partial charge in [-0.25, -0.2) is 4.79 Å². The molecular formula is C14H19NO5. The molecule has 1 amide bonds. The summed E-state index contributed by atoms with van der Waals surface area (Å²) in [4.78, 5) is 23.4. The van der Waals surface area contributed by atoms with E-state index < -0.39 is 17.4 Å². The van der Waals surface area contributed by atoms with Gasteiger partial charge >= 0.3 is 5.97 Å². The maximum absolute atomic E-state index is 12.1. The first-order valence-corrected chi connectivity index (χ1v) is 6.05. The molecule has 1 aromatic rings. The second-order valence-electron chi connectivity index (χ2n) is 4.66. The average molecular weight is 281 g/mol. The number of aliphatic carboxylic acids is 1. The number of rotatable bonds is 7. The van der Waals surface area contributed by atoms with Crippen molar-refractivity contribution in [2.24, 2.45) is 0 Å².